The van der Waals surface area contributed by atoms with Crippen LogP contribution in [0.15, 0.2) is 180 Å². The Balaban J connectivity index is 1.16. The summed E-state index contributed by atoms with van der Waals surface area (Å²) in [7, 11) is 0. The molecule has 1 atom stereocenters. The number of aromatic nitrogens is 1. The van der Waals surface area contributed by atoms with Crippen LogP contribution in [-0.4, -0.2) is 16.4 Å². The summed E-state index contributed by atoms with van der Waals surface area (Å²) in [6.45, 7) is 2.13. The van der Waals surface area contributed by atoms with Crippen LogP contribution in [-0.2, 0) is 5.66 Å². The number of fused-ring (bicyclic) bond motifs is 6. The minimum absolute atomic E-state index is 0.646. The normalized spacial score (nSPS) is 16.0. The second-order valence-corrected chi connectivity index (χ2v) is 14.3. The van der Waals surface area contributed by atoms with E-state index in [1.54, 1.807) is 0 Å². The minimum atomic E-state index is -0.735. The fourth-order valence-corrected chi connectivity index (χ4v) is 8.79. The highest BCUT2D eigenvalue weighted by Crippen LogP contribution is 2.41. The molecule has 3 heterocycles. The number of amidine groups is 1. The molecule has 7 aromatic carbocycles. The van der Waals surface area contributed by atoms with Crippen molar-refractivity contribution in [2.24, 2.45) is 9.98 Å². The number of nitrogens with zero attached hydrogens (tertiary/aromatic N) is 3. The number of para-hydroxylation sites is 1. The van der Waals surface area contributed by atoms with Crippen molar-refractivity contribution in [2.45, 2.75) is 12.6 Å². The predicted octanol–water partition coefficient (Wildman–Crippen LogP) is 11.6. The first-order chi connectivity index (χ1) is 25.1. The Morgan fingerprint density at radius 3 is 2.04 bits per heavy atom. The fourth-order valence-electron chi connectivity index (χ4n) is 7.55. The van der Waals surface area contributed by atoms with E-state index in [9.17, 15) is 0 Å². The third kappa shape index (κ3) is 4.89. The first kappa shape index (κ1) is 29.6. The second-order valence-electron chi connectivity index (χ2n) is 13.2. The number of benzene rings is 7. The topological polar surface area (TPSA) is 41.7 Å². The number of rotatable bonds is 4. The molecule has 0 radical (unpaired) electrons. The maximum Gasteiger partial charge on any atom is 0.234 e. The molecule has 0 aliphatic carbocycles. The van der Waals surface area contributed by atoms with Gasteiger partial charge in [0.25, 0.3) is 0 Å². The molecular weight excluding hydrogens is 641 g/mol. The Morgan fingerprint density at radius 1 is 0.529 bits per heavy atom. The largest absolute Gasteiger partial charge is 0.342 e. The molecule has 51 heavy (non-hydrogen) atoms. The van der Waals surface area contributed by atoms with Gasteiger partial charge < -0.3 is 5.32 Å². The summed E-state index contributed by atoms with van der Waals surface area (Å²) in [6.07, 6.45) is 0. The molecule has 242 valence electrons. The van der Waals surface area contributed by atoms with Gasteiger partial charge in [0.05, 0.1) is 11.0 Å². The van der Waals surface area contributed by atoms with E-state index in [-0.39, 0.29) is 0 Å². The summed E-state index contributed by atoms with van der Waals surface area (Å²) in [5.41, 5.74) is 8.27. The number of hydrogen-bond donors (Lipinski definition) is 1. The van der Waals surface area contributed by atoms with Crippen molar-refractivity contribution in [3.8, 4) is 22.3 Å². The molecule has 1 N–H and O–H groups in total. The maximum atomic E-state index is 5.39. The van der Waals surface area contributed by atoms with Crippen molar-refractivity contribution in [1.82, 2.24) is 9.88 Å². The Labute approximate surface area is 299 Å². The summed E-state index contributed by atoms with van der Waals surface area (Å²) in [5.74, 6) is 1.43. The highest BCUT2D eigenvalue weighted by molar-refractivity contribution is 7.26. The van der Waals surface area contributed by atoms with E-state index in [1.807, 2.05) is 35.6 Å². The molecule has 10 rings (SSSR count). The van der Waals surface area contributed by atoms with E-state index in [0.717, 1.165) is 33.6 Å². The highest BCUT2D eigenvalue weighted by atomic mass is 32.1. The third-order valence-electron chi connectivity index (χ3n) is 10.1. The maximum absolute atomic E-state index is 5.39. The van der Waals surface area contributed by atoms with E-state index >= 15 is 0 Å². The van der Waals surface area contributed by atoms with Crippen LogP contribution in [0, 0.1) is 0 Å². The molecule has 5 heteroatoms. The molecule has 2 aromatic heterocycles. The molecule has 0 spiro atoms. The minimum Gasteiger partial charge on any atom is -0.342 e. The van der Waals surface area contributed by atoms with Gasteiger partial charge in [-0.1, -0.05) is 146 Å². The van der Waals surface area contributed by atoms with Gasteiger partial charge in [-0.05, 0) is 59.0 Å². The molecule has 1 aliphatic rings. The lowest BCUT2D eigenvalue weighted by Crippen LogP contribution is -2.47. The SMILES string of the molecule is CC1(c2ccccc2)N=C(n2c3ccccc3c3ccc(-c4cccc(-c5cccc6c5sc5ccccc56)c4)cc32)N=C(c2ccccc2)N1. The lowest BCUT2D eigenvalue weighted by Gasteiger charge is -2.33. The molecule has 1 unspecified atom stereocenters. The first-order valence-electron chi connectivity index (χ1n) is 17.3. The second kappa shape index (κ2) is 11.7. The summed E-state index contributed by atoms with van der Waals surface area (Å²) in [6, 6.07) is 60.4. The zero-order valence-electron chi connectivity index (χ0n) is 27.9. The van der Waals surface area contributed by atoms with E-state index in [2.05, 4.69) is 162 Å². The van der Waals surface area contributed by atoms with Gasteiger partial charge in [-0.25, -0.2) is 4.99 Å². The molecular formula is C46H32N4S. The van der Waals surface area contributed by atoms with Gasteiger partial charge in [0.15, 0.2) is 5.66 Å². The lowest BCUT2D eigenvalue weighted by atomic mass is 9.97. The smallest absolute Gasteiger partial charge is 0.234 e. The Hall–Kier alpha value is -6.30. The van der Waals surface area contributed by atoms with Gasteiger partial charge in [-0.3, -0.25) is 4.57 Å². The molecule has 4 nitrogen and oxygen atoms in total. The molecule has 0 saturated heterocycles. The molecule has 9 aromatic rings. The molecule has 0 amide bonds. The monoisotopic (exact) mass is 672 g/mol. The van der Waals surface area contributed by atoms with Gasteiger partial charge in [-0.15, -0.1) is 11.3 Å². The van der Waals surface area contributed by atoms with E-state index in [0.29, 0.717) is 5.96 Å². The van der Waals surface area contributed by atoms with E-state index in [1.165, 1.54) is 47.6 Å². The number of aliphatic imine (C=N–C) groups is 2. The van der Waals surface area contributed by atoms with Crippen LogP contribution in [0.5, 0.6) is 0 Å². The van der Waals surface area contributed by atoms with Crippen LogP contribution in [0.2, 0.25) is 0 Å². The summed E-state index contributed by atoms with van der Waals surface area (Å²) in [4.78, 5) is 10.6. The van der Waals surface area contributed by atoms with Crippen molar-refractivity contribution in [2.75, 3.05) is 0 Å². The quantitative estimate of drug-likeness (QED) is 0.199. The van der Waals surface area contributed by atoms with E-state index < -0.39 is 5.66 Å². The molecule has 0 fully saturated rings. The summed E-state index contributed by atoms with van der Waals surface area (Å²) < 4.78 is 4.88. The van der Waals surface area contributed by atoms with Gasteiger partial charge in [0.2, 0.25) is 5.96 Å². The van der Waals surface area contributed by atoms with Crippen LogP contribution < -0.4 is 5.32 Å². The first-order valence-corrected chi connectivity index (χ1v) is 18.1. The van der Waals surface area contributed by atoms with Crippen LogP contribution in [0.25, 0.3) is 64.2 Å². The Bertz CT molecular complexity index is 2850. The van der Waals surface area contributed by atoms with Crippen molar-refractivity contribution in [3.05, 3.63) is 181 Å². The molecule has 1 aliphatic heterocycles. The van der Waals surface area contributed by atoms with Crippen LogP contribution in [0.4, 0.5) is 0 Å². The number of hydrogen-bond acceptors (Lipinski definition) is 4. The zero-order valence-corrected chi connectivity index (χ0v) is 28.7. The average molecular weight is 673 g/mol. The van der Waals surface area contributed by atoms with Crippen LogP contribution in [0.3, 0.4) is 0 Å². The fraction of sp³-hybridized carbons (Fsp3) is 0.0435. The van der Waals surface area contributed by atoms with E-state index in [4.69, 9.17) is 9.98 Å². The van der Waals surface area contributed by atoms with Gasteiger partial charge >= 0.3 is 0 Å². The van der Waals surface area contributed by atoms with Crippen LogP contribution in [0.1, 0.15) is 18.1 Å². The summed E-state index contributed by atoms with van der Waals surface area (Å²) >= 11 is 1.87. The van der Waals surface area contributed by atoms with Crippen LogP contribution >= 0.6 is 11.3 Å². The lowest BCUT2D eigenvalue weighted by molar-refractivity contribution is 0.452. The third-order valence-corrected chi connectivity index (χ3v) is 11.3. The van der Waals surface area contributed by atoms with Gasteiger partial charge in [0.1, 0.15) is 5.84 Å². The Kier molecular flexibility index (Phi) is 6.76. The Morgan fingerprint density at radius 2 is 1.18 bits per heavy atom. The highest BCUT2D eigenvalue weighted by Gasteiger charge is 2.33. The molecule has 0 bridgehead atoms. The average Bonchev–Trinajstić information content (AvgIpc) is 3.74. The van der Waals surface area contributed by atoms with Gasteiger partial charge in [-0.2, -0.15) is 4.99 Å². The van der Waals surface area contributed by atoms with Crippen molar-refractivity contribution >= 4 is 65.1 Å². The molecule has 0 saturated carbocycles. The van der Waals surface area contributed by atoms with Crippen molar-refractivity contribution < 1.29 is 0 Å². The number of thiophene rings is 1. The summed E-state index contributed by atoms with van der Waals surface area (Å²) in [5, 5.41) is 8.64. The predicted molar refractivity (Wildman–Crippen MR) is 216 cm³/mol. The van der Waals surface area contributed by atoms with Crippen molar-refractivity contribution in [3.63, 3.8) is 0 Å². The number of nitrogens with one attached hydrogen (secondary N) is 1. The zero-order chi connectivity index (χ0) is 33.9. The standard InChI is InChI=1S/C46H32N4S/c1-46(34-18-6-3-7-19-34)48-44(30-14-4-2-5-15-30)47-45(49-46)50-40-24-10-8-20-36(40)37-27-26-32(29-41(37)50)31-16-12-17-33(28-31)35-22-13-23-39-38-21-9-11-25-42(38)51-43(35)39/h2-29H,1H3,(H,47,48,49). The van der Waals surface area contributed by atoms with Gasteiger partial charge in [0, 0.05) is 36.5 Å². The van der Waals surface area contributed by atoms with Crippen molar-refractivity contribution in [1.29, 1.82) is 0 Å².